The van der Waals surface area contributed by atoms with Gasteiger partial charge in [-0.05, 0) is 49.2 Å². The quantitative estimate of drug-likeness (QED) is 0.626. The maximum atomic E-state index is 12.3. The molecule has 0 atom stereocenters. The summed E-state index contributed by atoms with van der Waals surface area (Å²) in [5.41, 5.74) is 2.49. The standard InChI is InChI=1S/C20H23N3O4S/c1-15-4-9-19(27-2)17(14-15)10-13-22-20(24)16-5-7-18(8-6-16)28(25,26)23-12-3-11-21/h4-9,14,23H,3,10,12-13H2,1-2H3,(H,22,24). The van der Waals surface area contributed by atoms with Gasteiger partial charge in [0.15, 0.2) is 0 Å². The highest BCUT2D eigenvalue weighted by Crippen LogP contribution is 2.19. The molecule has 0 radical (unpaired) electrons. The molecule has 2 aromatic carbocycles. The molecule has 2 aromatic rings. The average Bonchev–Trinajstić information content (AvgIpc) is 2.68. The Morgan fingerprint density at radius 3 is 2.50 bits per heavy atom. The van der Waals surface area contributed by atoms with E-state index in [-0.39, 0.29) is 23.8 Å². The van der Waals surface area contributed by atoms with Crippen LogP contribution in [-0.4, -0.2) is 34.5 Å². The number of carbonyl (C=O) groups excluding carboxylic acids is 1. The van der Waals surface area contributed by atoms with Gasteiger partial charge in [0.05, 0.1) is 18.1 Å². The number of amides is 1. The molecule has 0 aliphatic rings. The van der Waals surface area contributed by atoms with Crippen LogP contribution in [0.3, 0.4) is 0 Å². The van der Waals surface area contributed by atoms with E-state index in [0.717, 1.165) is 16.9 Å². The van der Waals surface area contributed by atoms with Crippen LogP contribution in [0.15, 0.2) is 47.4 Å². The number of methoxy groups -OCH3 is 1. The van der Waals surface area contributed by atoms with Gasteiger partial charge in [-0.3, -0.25) is 4.79 Å². The number of hydrogen-bond acceptors (Lipinski definition) is 5. The molecule has 0 saturated carbocycles. The topological polar surface area (TPSA) is 108 Å². The van der Waals surface area contributed by atoms with Crippen molar-refractivity contribution in [1.29, 1.82) is 5.26 Å². The maximum absolute atomic E-state index is 12.3. The first-order chi connectivity index (χ1) is 13.4. The summed E-state index contributed by atoms with van der Waals surface area (Å²) in [6, 6.07) is 13.4. The molecule has 1 amide bonds. The van der Waals surface area contributed by atoms with Crippen molar-refractivity contribution in [2.45, 2.75) is 24.7 Å². The summed E-state index contributed by atoms with van der Waals surface area (Å²) in [5.74, 6) is 0.492. The third-order valence-corrected chi connectivity index (χ3v) is 5.55. The Kier molecular flexibility index (Phi) is 7.55. The Bertz CT molecular complexity index is 964. The lowest BCUT2D eigenvalue weighted by atomic mass is 10.1. The molecule has 28 heavy (non-hydrogen) atoms. The lowest BCUT2D eigenvalue weighted by Gasteiger charge is -2.11. The summed E-state index contributed by atoms with van der Waals surface area (Å²) >= 11 is 0. The minimum absolute atomic E-state index is 0.0451. The van der Waals surface area contributed by atoms with E-state index in [1.165, 1.54) is 24.3 Å². The van der Waals surface area contributed by atoms with Crippen molar-refractivity contribution in [3.05, 3.63) is 59.2 Å². The normalized spacial score (nSPS) is 10.9. The molecule has 0 bridgehead atoms. The minimum Gasteiger partial charge on any atom is -0.496 e. The van der Waals surface area contributed by atoms with Crippen molar-refractivity contribution in [2.75, 3.05) is 20.2 Å². The fourth-order valence-electron chi connectivity index (χ4n) is 2.63. The second-order valence-electron chi connectivity index (χ2n) is 6.15. The number of hydrogen-bond donors (Lipinski definition) is 2. The molecule has 7 nitrogen and oxygen atoms in total. The van der Waals surface area contributed by atoms with Gasteiger partial charge in [-0.15, -0.1) is 0 Å². The van der Waals surface area contributed by atoms with Gasteiger partial charge in [-0.2, -0.15) is 5.26 Å². The summed E-state index contributed by atoms with van der Waals surface area (Å²) in [7, 11) is -2.08. The average molecular weight is 401 g/mol. The van der Waals surface area contributed by atoms with E-state index in [4.69, 9.17) is 10.00 Å². The predicted octanol–water partition coefficient (Wildman–Crippen LogP) is 2.17. The predicted molar refractivity (Wildman–Crippen MR) is 106 cm³/mol. The Hall–Kier alpha value is -2.89. The van der Waals surface area contributed by atoms with Crippen molar-refractivity contribution >= 4 is 15.9 Å². The Labute approximate surface area is 165 Å². The Morgan fingerprint density at radius 2 is 1.86 bits per heavy atom. The third kappa shape index (κ3) is 5.81. The lowest BCUT2D eigenvalue weighted by Crippen LogP contribution is -2.26. The van der Waals surface area contributed by atoms with Crippen molar-refractivity contribution in [3.63, 3.8) is 0 Å². The summed E-state index contributed by atoms with van der Waals surface area (Å²) in [5, 5.41) is 11.3. The van der Waals surface area contributed by atoms with Crippen LogP contribution in [0.2, 0.25) is 0 Å². The van der Waals surface area contributed by atoms with E-state index in [2.05, 4.69) is 10.0 Å². The number of sulfonamides is 1. The SMILES string of the molecule is COc1ccc(C)cc1CCNC(=O)c1ccc(S(=O)(=O)NCCC#N)cc1. The van der Waals surface area contributed by atoms with Crippen LogP contribution in [0.1, 0.15) is 27.9 Å². The van der Waals surface area contributed by atoms with E-state index in [9.17, 15) is 13.2 Å². The van der Waals surface area contributed by atoms with Gasteiger partial charge in [0.25, 0.3) is 5.91 Å². The van der Waals surface area contributed by atoms with Crippen LogP contribution in [0.4, 0.5) is 0 Å². The van der Waals surface area contributed by atoms with Gasteiger partial charge in [-0.1, -0.05) is 17.7 Å². The van der Waals surface area contributed by atoms with Gasteiger partial charge in [-0.25, -0.2) is 13.1 Å². The summed E-state index contributed by atoms with van der Waals surface area (Å²) in [6.45, 7) is 2.46. The molecule has 0 spiro atoms. The van der Waals surface area contributed by atoms with E-state index in [1.54, 1.807) is 7.11 Å². The van der Waals surface area contributed by atoms with Crippen LogP contribution in [0.5, 0.6) is 5.75 Å². The van der Waals surface area contributed by atoms with Crippen molar-refractivity contribution in [2.24, 2.45) is 0 Å². The summed E-state index contributed by atoms with van der Waals surface area (Å²) in [4.78, 5) is 12.3. The number of carbonyl (C=O) groups is 1. The van der Waals surface area contributed by atoms with E-state index in [0.29, 0.717) is 18.5 Å². The van der Waals surface area contributed by atoms with Crippen LogP contribution >= 0.6 is 0 Å². The number of rotatable bonds is 9. The fraction of sp³-hybridized carbons (Fsp3) is 0.300. The number of aryl methyl sites for hydroxylation is 1. The van der Waals surface area contributed by atoms with Crippen molar-refractivity contribution in [1.82, 2.24) is 10.0 Å². The largest absolute Gasteiger partial charge is 0.496 e. The zero-order valence-electron chi connectivity index (χ0n) is 15.9. The monoisotopic (exact) mass is 401 g/mol. The number of nitriles is 1. The summed E-state index contributed by atoms with van der Waals surface area (Å²) in [6.07, 6.45) is 0.706. The van der Waals surface area contributed by atoms with E-state index < -0.39 is 10.0 Å². The van der Waals surface area contributed by atoms with E-state index >= 15 is 0 Å². The van der Waals surface area contributed by atoms with E-state index in [1.807, 2.05) is 31.2 Å². The van der Waals surface area contributed by atoms with Gasteiger partial charge in [0, 0.05) is 25.1 Å². The highest BCUT2D eigenvalue weighted by atomic mass is 32.2. The number of nitrogens with zero attached hydrogens (tertiary/aromatic N) is 1. The second-order valence-corrected chi connectivity index (χ2v) is 7.92. The number of ether oxygens (including phenoxy) is 1. The molecular weight excluding hydrogens is 378 g/mol. The molecular formula is C20H23N3O4S. The minimum atomic E-state index is -3.69. The Morgan fingerprint density at radius 1 is 1.14 bits per heavy atom. The van der Waals surface area contributed by atoms with Crippen LogP contribution < -0.4 is 14.8 Å². The highest BCUT2D eigenvalue weighted by molar-refractivity contribution is 7.89. The van der Waals surface area contributed by atoms with Crippen LogP contribution in [0.25, 0.3) is 0 Å². The number of nitrogens with one attached hydrogen (secondary N) is 2. The lowest BCUT2D eigenvalue weighted by molar-refractivity contribution is 0.0954. The van der Waals surface area contributed by atoms with Gasteiger partial charge in [0.2, 0.25) is 10.0 Å². The maximum Gasteiger partial charge on any atom is 0.251 e. The first-order valence-electron chi connectivity index (χ1n) is 8.76. The zero-order chi connectivity index (χ0) is 20.6. The molecule has 2 N–H and O–H groups in total. The second kappa shape index (κ2) is 9.88. The highest BCUT2D eigenvalue weighted by Gasteiger charge is 2.14. The number of benzene rings is 2. The molecule has 0 heterocycles. The smallest absolute Gasteiger partial charge is 0.251 e. The molecule has 0 fully saturated rings. The van der Waals surface area contributed by atoms with Gasteiger partial charge < -0.3 is 10.1 Å². The van der Waals surface area contributed by atoms with Crippen molar-refractivity contribution < 1.29 is 17.9 Å². The first-order valence-corrected chi connectivity index (χ1v) is 10.2. The molecule has 0 aromatic heterocycles. The summed E-state index contributed by atoms with van der Waals surface area (Å²) < 4.78 is 31.8. The zero-order valence-corrected chi connectivity index (χ0v) is 16.7. The fourth-order valence-corrected chi connectivity index (χ4v) is 3.66. The molecule has 148 valence electrons. The van der Waals surface area contributed by atoms with Crippen molar-refractivity contribution in [3.8, 4) is 11.8 Å². The van der Waals surface area contributed by atoms with Crippen LogP contribution in [0, 0.1) is 18.3 Å². The van der Waals surface area contributed by atoms with Gasteiger partial charge in [0.1, 0.15) is 5.75 Å². The van der Waals surface area contributed by atoms with Crippen LogP contribution in [-0.2, 0) is 16.4 Å². The molecule has 0 saturated heterocycles. The van der Waals surface area contributed by atoms with Gasteiger partial charge >= 0.3 is 0 Å². The molecule has 0 unspecified atom stereocenters. The Balaban J connectivity index is 1.95. The first kappa shape index (κ1) is 21.4. The molecule has 0 aliphatic heterocycles. The molecule has 8 heteroatoms. The molecule has 0 aliphatic carbocycles. The third-order valence-electron chi connectivity index (χ3n) is 4.07. The molecule has 2 rings (SSSR count).